The van der Waals surface area contributed by atoms with Crippen LogP contribution in [0.1, 0.15) is 5.56 Å². The van der Waals surface area contributed by atoms with E-state index < -0.39 is 0 Å². The van der Waals surface area contributed by atoms with Gasteiger partial charge < -0.3 is 14.3 Å². The molecule has 0 unspecified atom stereocenters. The predicted molar refractivity (Wildman–Crippen MR) is 173 cm³/mol. The highest BCUT2D eigenvalue weighted by Crippen LogP contribution is 2.45. The maximum absolute atomic E-state index is 9.11. The van der Waals surface area contributed by atoms with Gasteiger partial charge in [0, 0.05) is 16.3 Å². The van der Waals surface area contributed by atoms with Crippen LogP contribution in [0.15, 0.2) is 132 Å². The Morgan fingerprint density at radius 3 is 2.28 bits per heavy atom. The van der Waals surface area contributed by atoms with Crippen LogP contribution in [0, 0.1) is 11.3 Å². The van der Waals surface area contributed by atoms with Gasteiger partial charge in [-0.15, -0.1) is 0 Å². The Labute approximate surface area is 246 Å². The number of hydrogen-bond donors (Lipinski definition) is 1. The number of rotatable bonds is 3. The molecule has 0 aliphatic carbocycles. The molecule has 5 heteroatoms. The van der Waals surface area contributed by atoms with E-state index in [2.05, 4.69) is 112 Å². The molecule has 1 N–H and O–H groups in total. The lowest BCUT2D eigenvalue weighted by atomic mass is 9.97. The summed E-state index contributed by atoms with van der Waals surface area (Å²) in [6.07, 6.45) is 0. The van der Waals surface area contributed by atoms with Gasteiger partial charge in [-0.05, 0) is 95.1 Å². The summed E-state index contributed by atoms with van der Waals surface area (Å²) in [4.78, 5) is 4.68. The van der Waals surface area contributed by atoms with Crippen LogP contribution in [0.4, 0.5) is 11.4 Å². The topological polar surface area (TPSA) is 66.8 Å². The zero-order chi connectivity index (χ0) is 28.5. The minimum atomic E-state index is 0.542. The quantitative estimate of drug-likeness (QED) is 0.238. The van der Waals surface area contributed by atoms with Crippen LogP contribution in [0.5, 0.6) is 0 Å². The van der Waals surface area contributed by atoms with Crippen molar-refractivity contribution in [2.75, 3.05) is 5.32 Å². The molecule has 0 saturated heterocycles. The standard InChI is InChI=1S/C38H22N4O/c39-22-23-12-14-24(15-13-23)38-41-32-17-16-27(21-36(32)43-38)25-6-5-7-26(18-25)28-19-30-29-8-1-3-10-34(29)42-35-11-4-2-9-31(35)40-33(20-28)37(30)42/h1-21,40H. The second-order valence-corrected chi connectivity index (χ2v) is 10.9. The molecule has 200 valence electrons. The number of nitrogens with one attached hydrogen (secondary N) is 1. The molecule has 8 aromatic rings. The van der Waals surface area contributed by atoms with Crippen molar-refractivity contribution in [3.05, 3.63) is 133 Å². The lowest BCUT2D eigenvalue weighted by Crippen LogP contribution is -2.07. The molecule has 0 amide bonds. The van der Waals surface area contributed by atoms with Gasteiger partial charge in [0.1, 0.15) is 5.52 Å². The minimum Gasteiger partial charge on any atom is -0.436 e. The van der Waals surface area contributed by atoms with Crippen molar-refractivity contribution in [1.82, 2.24) is 9.55 Å². The van der Waals surface area contributed by atoms with Crippen molar-refractivity contribution in [1.29, 1.82) is 5.26 Å². The third kappa shape index (κ3) is 3.61. The smallest absolute Gasteiger partial charge is 0.227 e. The summed E-state index contributed by atoms with van der Waals surface area (Å²) in [6.45, 7) is 0. The first-order valence-electron chi connectivity index (χ1n) is 14.2. The van der Waals surface area contributed by atoms with Gasteiger partial charge in [0.2, 0.25) is 5.89 Å². The molecule has 0 atom stereocenters. The van der Waals surface area contributed by atoms with Crippen molar-refractivity contribution >= 4 is 44.3 Å². The van der Waals surface area contributed by atoms with Gasteiger partial charge in [-0.1, -0.05) is 54.6 Å². The molecule has 1 aliphatic heterocycles. The molecule has 0 fully saturated rings. The molecule has 0 spiro atoms. The molecule has 5 nitrogen and oxygen atoms in total. The number of aromatic nitrogens is 2. The van der Waals surface area contributed by atoms with Gasteiger partial charge in [0.05, 0.1) is 39.7 Å². The summed E-state index contributed by atoms with van der Waals surface area (Å²) >= 11 is 0. The zero-order valence-corrected chi connectivity index (χ0v) is 22.9. The molecule has 6 aromatic carbocycles. The normalized spacial score (nSPS) is 11.9. The van der Waals surface area contributed by atoms with Gasteiger partial charge in [-0.25, -0.2) is 4.98 Å². The fraction of sp³-hybridized carbons (Fsp3) is 0. The van der Waals surface area contributed by atoms with Gasteiger partial charge >= 0.3 is 0 Å². The van der Waals surface area contributed by atoms with Crippen molar-refractivity contribution < 1.29 is 4.42 Å². The summed E-state index contributed by atoms with van der Waals surface area (Å²) in [5.41, 5.74) is 13.2. The Kier molecular flexibility index (Phi) is 4.90. The fourth-order valence-corrected chi connectivity index (χ4v) is 6.32. The summed E-state index contributed by atoms with van der Waals surface area (Å²) in [7, 11) is 0. The van der Waals surface area contributed by atoms with Gasteiger partial charge in [-0.2, -0.15) is 5.26 Å². The zero-order valence-electron chi connectivity index (χ0n) is 22.9. The number of fused-ring (bicyclic) bond motifs is 6. The van der Waals surface area contributed by atoms with Crippen molar-refractivity contribution in [3.63, 3.8) is 0 Å². The average molecular weight is 551 g/mol. The van der Waals surface area contributed by atoms with E-state index >= 15 is 0 Å². The maximum Gasteiger partial charge on any atom is 0.227 e. The number of para-hydroxylation sites is 3. The number of hydrogen-bond acceptors (Lipinski definition) is 4. The first kappa shape index (κ1) is 23.6. The highest BCUT2D eigenvalue weighted by molar-refractivity contribution is 6.16. The van der Waals surface area contributed by atoms with E-state index in [1.165, 1.54) is 27.5 Å². The number of oxazole rings is 1. The van der Waals surface area contributed by atoms with Crippen LogP contribution < -0.4 is 5.32 Å². The van der Waals surface area contributed by atoms with E-state index in [0.29, 0.717) is 11.5 Å². The Hall–Kier alpha value is -6.12. The first-order valence-corrected chi connectivity index (χ1v) is 14.2. The molecular formula is C38H22N4O. The lowest BCUT2D eigenvalue weighted by molar-refractivity contribution is 0.620. The van der Waals surface area contributed by atoms with Gasteiger partial charge in [0.15, 0.2) is 5.58 Å². The second-order valence-electron chi connectivity index (χ2n) is 10.9. The molecule has 3 heterocycles. The van der Waals surface area contributed by atoms with E-state index in [4.69, 9.17) is 9.68 Å². The molecule has 43 heavy (non-hydrogen) atoms. The molecular weight excluding hydrogens is 528 g/mol. The van der Waals surface area contributed by atoms with Crippen LogP contribution in [0.25, 0.3) is 72.3 Å². The monoisotopic (exact) mass is 550 g/mol. The number of nitriles is 1. The van der Waals surface area contributed by atoms with E-state index in [1.807, 2.05) is 24.3 Å². The summed E-state index contributed by atoms with van der Waals surface area (Å²) in [5.74, 6) is 0.542. The highest BCUT2D eigenvalue weighted by Gasteiger charge is 2.22. The lowest BCUT2D eigenvalue weighted by Gasteiger charge is -2.22. The van der Waals surface area contributed by atoms with E-state index in [1.54, 1.807) is 12.1 Å². The fourth-order valence-electron chi connectivity index (χ4n) is 6.32. The van der Waals surface area contributed by atoms with E-state index in [-0.39, 0.29) is 0 Å². The van der Waals surface area contributed by atoms with Crippen LogP contribution in [-0.2, 0) is 0 Å². The third-order valence-corrected chi connectivity index (χ3v) is 8.36. The highest BCUT2D eigenvalue weighted by atomic mass is 16.3. The molecule has 0 saturated carbocycles. The van der Waals surface area contributed by atoms with Gasteiger partial charge in [0.25, 0.3) is 0 Å². The number of benzene rings is 6. The Balaban J connectivity index is 1.15. The van der Waals surface area contributed by atoms with Crippen molar-refractivity contribution in [2.45, 2.75) is 0 Å². The largest absolute Gasteiger partial charge is 0.436 e. The Bertz CT molecular complexity index is 2440. The molecule has 9 rings (SSSR count). The van der Waals surface area contributed by atoms with Crippen molar-refractivity contribution in [3.8, 4) is 45.5 Å². The molecule has 0 radical (unpaired) electrons. The molecule has 1 aliphatic rings. The van der Waals surface area contributed by atoms with Crippen LogP contribution in [0.3, 0.4) is 0 Å². The maximum atomic E-state index is 9.11. The molecule has 0 bridgehead atoms. The van der Waals surface area contributed by atoms with E-state index in [9.17, 15) is 0 Å². The Morgan fingerprint density at radius 2 is 1.40 bits per heavy atom. The van der Waals surface area contributed by atoms with Crippen LogP contribution in [-0.4, -0.2) is 9.55 Å². The predicted octanol–water partition coefficient (Wildman–Crippen LogP) is 9.85. The molecule has 2 aromatic heterocycles. The van der Waals surface area contributed by atoms with Crippen LogP contribution in [0.2, 0.25) is 0 Å². The summed E-state index contributed by atoms with van der Waals surface area (Å²) in [5, 5.41) is 15.3. The SMILES string of the molecule is N#Cc1ccc(-c2nc3ccc(-c4cccc(-c5cc6c7c(c5)c5ccccc5n7-c5ccccc5N6)c4)cc3o2)cc1. The summed E-state index contributed by atoms with van der Waals surface area (Å²) < 4.78 is 8.54. The third-order valence-electron chi connectivity index (χ3n) is 8.36. The van der Waals surface area contributed by atoms with E-state index in [0.717, 1.165) is 50.3 Å². The van der Waals surface area contributed by atoms with Gasteiger partial charge in [-0.3, -0.25) is 0 Å². The summed E-state index contributed by atoms with van der Waals surface area (Å²) in [6, 6.07) is 45.9. The number of anilines is 2. The second kappa shape index (κ2) is 8.94. The minimum absolute atomic E-state index is 0.542. The Morgan fingerprint density at radius 1 is 0.628 bits per heavy atom. The first-order chi connectivity index (χ1) is 21.2. The van der Waals surface area contributed by atoms with Crippen LogP contribution >= 0.6 is 0 Å². The van der Waals surface area contributed by atoms with Crippen molar-refractivity contribution in [2.24, 2.45) is 0 Å². The number of nitrogens with zero attached hydrogens (tertiary/aromatic N) is 3. The average Bonchev–Trinajstić information content (AvgIpc) is 3.65.